The van der Waals surface area contributed by atoms with E-state index in [4.69, 9.17) is 9.72 Å². The Labute approximate surface area is 204 Å². The van der Waals surface area contributed by atoms with Crippen LogP contribution < -0.4 is 4.74 Å². The maximum atomic E-state index is 5.85. The minimum Gasteiger partial charge on any atom is -0.491 e. The van der Waals surface area contributed by atoms with Crippen molar-refractivity contribution in [1.29, 1.82) is 0 Å². The van der Waals surface area contributed by atoms with Gasteiger partial charge in [-0.2, -0.15) is 16.4 Å². The molecule has 6 heterocycles. The number of fused-ring (bicyclic) bond motifs is 2. The van der Waals surface area contributed by atoms with E-state index in [1.54, 1.807) is 36.1 Å². The molecule has 0 saturated carbocycles. The number of rotatable bonds is 7. The van der Waals surface area contributed by atoms with E-state index in [-0.39, 0.29) is 0 Å². The van der Waals surface area contributed by atoms with Gasteiger partial charge in [0.1, 0.15) is 23.6 Å². The number of hydrogen-bond acceptors (Lipinski definition) is 8. The van der Waals surface area contributed by atoms with Gasteiger partial charge in [-0.05, 0) is 54.7 Å². The number of H-pyrrole nitrogens is 2. The first-order valence-electron chi connectivity index (χ1n) is 11.1. The highest BCUT2D eigenvalue weighted by atomic mass is 32.1. The van der Waals surface area contributed by atoms with Crippen LogP contribution in [0, 0.1) is 0 Å². The van der Waals surface area contributed by atoms with Gasteiger partial charge in [-0.1, -0.05) is 0 Å². The fourth-order valence-electron chi connectivity index (χ4n) is 3.91. The van der Waals surface area contributed by atoms with Crippen LogP contribution in [0.4, 0.5) is 0 Å². The lowest BCUT2D eigenvalue weighted by Gasteiger charge is -2.11. The smallest absolute Gasteiger partial charge is 0.160 e. The normalized spacial score (nSPS) is 11.6. The van der Waals surface area contributed by atoms with Crippen molar-refractivity contribution >= 4 is 33.4 Å². The summed E-state index contributed by atoms with van der Waals surface area (Å²) >= 11 is 1.66. The first-order chi connectivity index (χ1) is 17.2. The van der Waals surface area contributed by atoms with E-state index < -0.39 is 0 Å². The Kier molecular flexibility index (Phi) is 5.44. The first-order valence-corrected chi connectivity index (χ1v) is 12.0. The van der Waals surface area contributed by atoms with Gasteiger partial charge in [0.05, 0.1) is 23.6 Å². The molecule has 6 aromatic rings. The van der Waals surface area contributed by atoms with Crippen LogP contribution in [0.25, 0.3) is 56.0 Å². The van der Waals surface area contributed by atoms with Crippen molar-refractivity contribution in [3.8, 4) is 39.7 Å². The molecule has 35 heavy (non-hydrogen) atoms. The number of nitrogens with one attached hydrogen (secondary N) is 2. The number of nitrogens with zero attached hydrogens (tertiary/aromatic N) is 6. The van der Waals surface area contributed by atoms with Crippen molar-refractivity contribution in [2.45, 2.75) is 0 Å². The lowest BCUT2D eigenvalue weighted by molar-refractivity contribution is 0.261. The summed E-state index contributed by atoms with van der Waals surface area (Å²) in [5, 5.41) is 12.7. The predicted octanol–water partition coefficient (Wildman–Crippen LogP) is 4.63. The summed E-state index contributed by atoms with van der Waals surface area (Å²) in [5.74, 6) is 1.36. The molecule has 6 rings (SSSR count). The molecular formula is C25H22N8OS. The van der Waals surface area contributed by atoms with Crippen LogP contribution in [0.3, 0.4) is 0 Å². The second-order valence-electron chi connectivity index (χ2n) is 8.40. The number of thiophene rings is 1. The molecule has 0 fully saturated rings. The predicted molar refractivity (Wildman–Crippen MR) is 137 cm³/mol. The van der Waals surface area contributed by atoms with E-state index in [1.807, 2.05) is 32.3 Å². The summed E-state index contributed by atoms with van der Waals surface area (Å²) in [6, 6.07) is 8.02. The van der Waals surface area contributed by atoms with Crippen LogP contribution in [0.2, 0.25) is 0 Å². The van der Waals surface area contributed by atoms with Gasteiger partial charge >= 0.3 is 0 Å². The average Bonchev–Trinajstić information content (AvgIpc) is 3.62. The van der Waals surface area contributed by atoms with Gasteiger partial charge in [-0.15, -0.1) is 0 Å². The van der Waals surface area contributed by atoms with Crippen molar-refractivity contribution in [3.05, 3.63) is 59.8 Å². The molecule has 0 saturated heterocycles. The fourth-order valence-corrected chi connectivity index (χ4v) is 4.57. The zero-order valence-electron chi connectivity index (χ0n) is 19.2. The second kappa shape index (κ2) is 8.90. The Morgan fingerprint density at radius 3 is 2.86 bits per heavy atom. The summed E-state index contributed by atoms with van der Waals surface area (Å²) in [5.41, 5.74) is 6.88. The van der Waals surface area contributed by atoms with Crippen LogP contribution in [0.1, 0.15) is 0 Å². The highest BCUT2D eigenvalue weighted by molar-refractivity contribution is 7.08. The van der Waals surface area contributed by atoms with Crippen molar-refractivity contribution in [2.75, 3.05) is 27.2 Å². The third-order valence-electron chi connectivity index (χ3n) is 5.70. The van der Waals surface area contributed by atoms with E-state index in [1.165, 1.54) is 0 Å². The maximum Gasteiger partial charge on any atom is 0.160 e. The van der Waals surface area contributed by atoms with E-state index in [0.717, 1.165) is 51.0 Å². The summed E-state index contributed by atoms with van der Waals surface area (Å²) in [6.45, 7) is 1.41. The van der Waals surface area contributed by atoms with Crippen LogP contribution in [-0.4, -0.2) is 67.3 Å². The van der Waals surface area contributed by atoms with E-state index in [9.17, 15) is 0 Å². The van der Waals surface area contributed by atoms with Crippen molar-refractivity contribution < 1.29 is 4.74 Å². The molecule has 9 nitrogen and oxygen atoms in total. The van der Waals surface area contributed by atoms with Crippen LogP contribution in [0.5, 0.6) is 5.75 Å². The average molecular weight is 483 g/mol. The zero-order chi connectivity index (χ0) is 23.8. The molecule has 174 valence electrons. The van der Waals surface area contributed by atoms with Gasteiger partial charge in [0.25, 0.3) is 0 Å². The molecule has 0 aliphatic heterocycles. The monoisotopic (exact) mass is 482 g/mol. The number of likely N-dealkylation sites (N-methyl/N-ethyl adjacent to an activating group) is 1. The lowest BCUT2D eigenvalue weighted by Crippen LogP contribution is -2.19. The van der Waals surface area contributed by atoms with Gasteiger partial charge in [-0.3, -0.25) is 15.1 Å². The Morgan fingerprint density at radius 1 is 1.06 bits per heavy atom. The fraction of sp³-hybridized carbons (Fsp3) is 0.160. The molecule has 0 spiro atoms. The number of pyridine rings is 3. The zero-order valence-corrected chi connectivity index (χ0v) is 20.0. The van der Waals surface area contributed by atoms with Gasteiger partial charge in [-0.25, -0.2) is 9.97 Å². The highest BCUT2D eigenvalue weighted by Crippen LogP contribution is 2.32. The Morgan fingerprint density at radius 2 is 2.00 bits per heavy atom. The Hall–Kier alpha value is -4.15. The lowest BCUT2D eigenvalue weighted by atomic mass is 10.1. The third-order valence-corrected chi connectivity index (χ3v) is 6.39. The van der Waals surface area contributed by atoms with Crippen molar-refractivity contribution in [2.24, 2.45) is 0 Å². The van der Waals surface area contributed by atoms with Crippen LogP contribution in [0.15, 0.2) is 59.8 Å². The molecule has 0 amide bonds. The van der Waals surface area contributed by atoms with Gasteiger partial charge in [0.15, 0.2) is 11.5 Å². The Balaban J connectivity index is 1.38. The molecule has 2 N–H and O–H groups in total. The number of imidazole rings is 1. The summed E-state index contributed by atoms with van der Waals surface area (Å²) in [4.78, 5) is 23.7. The van der Waals surface area contributed by atoms with E-state index in [2.05, 4.69) is 51.9 Å². The minimum absolute atomic E-state index is 0.587. The number of ether oxygens (including phenoxy) is 1. The number of hydrogen-bond donors (Lipinski definition) is 2. The maximum absolute atomic E-state index is 5.85. The molecule has 0 radical (unpaired) electrons. The van der Waals surface area contributed by atoms with Crippen molar-refractivity contribution in [1.82, 2.24) is 40.0 Å². The van der Waals surface area contributed by atoms with Gasteiger partial charge < -0.3 is 14.6 Å². The van der Waals surface area contributed by atoms with E-state index >= 15 is 0 Å². The molecule has 6 aromatic heterocycles. The van der Waals surface area contributed by atoms with Gasteiger partial charge in [0, 0.05) is 35.5 Å². The quantitative estimate of drug-likeness (QED) is 0.342. The van der Waals surface area contributed by atoms with Crippen LogP contribution in [-0.2, 0) is 0 Å². The molecule has 0 aliphatic rings. The second-order valence-corrected chi connectivity index (χ2v) is 9.18. The molecule has 0 unspecified atom stereocenters. The minimum atomic E-state index is 0.587. The standard InChI is InChI=1S/C25H22N8OS/c1-33(2)6-7-34-17-9-16(11-26-12-17)20-10-19-21(13-28-20)31-32-23(19)25-29-22-18(15-4-8-35-14-15)3-5-27-24(22)30-25/h3-5,8-14H,6-7H2,1-2H3,(H,31,32)(H,27,29,30). The Bertz CT molecular complexity index is 1620. The van der Waals surface area contributed by atoms with Gasteiger partial charge in [0.2, 0.25) is 0 Å². The topological polar surface area (TPSA) is 109 Å². The molecule has 0 bridgehead atoms. The number of aromatic nitrogens is 7. The summed E-state index contributed by atoms with van der Waals surface area (Å²) in [7, 11) is 4.03. The first kappa shape index (κ1) is 21.4. The largest absolute Gasteiger partial charge is 0.491 e. The molecule has 0 aromatic carbocycles. The highest BCUT2D eigenvalue weighted by Gasteiger charge is 2.17. The van der Waals surface area contributed by atoms with Crippen LogP contribution >= 0.6 is 11.3 Å². The molecule has 10 heteroatoms. The van der Waals surface area contributed by atoms with E-state index in [0.29, 0.717) is 23.9 Å². The van der Waals surface area contributed by atoms with Crippen molar-refractivity contribution in [3.63, 3.8) is 0 Å². The summed E-state index contributed by atoms with van der Waals surface area (Å²) in [6.07, 6.45) is 7.07. The SMILES string of the molecule is CN(C)CCOc1cncc(-c2cc3c(-c4nc5c(-c6ccsc6)ccnc5[nH]4)n[nH]c3cn2)c1. The molecular weight excluding hydrogens is 460 g/mol. The molecule has 0 aliphatic carbocycles. The molecule has 0 atom stereocenters. The third kappa shape index (κ3) is 4.13. The summed E-state index contributed by atoms with van der Waals surface area (Å²) < 4.78 is 5.85. The number of aromatic amines is 2.